The Hall–Kier alpha value is -2.48. The average molecular weight is 347 g/mol. The molecule has 1 fully saturated rings. The van der Waals surface area contributed by atoms with Crippen LogP contribution in [0.25, 0.3) is 5.57 Å². The summed E-state index contributed by atoms with van der Waals surface area (Å²) in [5, 5.41) is 14.2. The summed E-state index contributed by atoms with van der Waals surface area (Å²) < 4.78 is 1.87. The summed E-state index contributed by atoms with van der Waals surface area (Å²) >= 11 is 0. The largest absolute Gasteiger partial charge is 0.289 e. The van der Waals surface area contributed by atoms with Gasteiger partial charge in [0.05, 0.1) is 11.7 Å². The van der Waals surface area contributed by atoms with Crippen molar-refractivity contribution in [3.05, 3.63) is 35.8 Å². The van der Waals surface area contributed by atoms with E-state index in [0.29, 0.717) is 5.69 Å². The van der Waals surface area contributed by atoms with Gasteiger partial charge in [0.15, 0.2) is 0 Å². The number of aromatic nitrogens is 2. The minimum atomic E-state index is 0.136. The van der Waals surface area contributed by atoms with Gasteiger partial charge in [0.1, 0.15) is 11.8 Å². The molecule has 1 saturated carbocycles. The first-order chi connectivity index (χ1) is 12.8. The molecule has 1 unspecified atom stereocenters. The third-order valence-corrected chi connectivity index (χ3v) is 5.61. The zero-order chi connectivity index (χ0) is 17.8. The minimum Gasteiger partial charge on any atom is -0.289 e. The second-order valence-electron chi connectivity index (χ2n) is 7.44. The van der Waals surface area contributed by atoms with E-state index in [2.05, 4.69) is 23.2 Å². The second kappa shape index (κ2) is 7.82. The van der Waals surface area contributed by atoms with Gasteiger partial charge in [0.2, 0.25) is 0 Å². The Balaban J connectivity index is 1.48. The number of allylic oxidation sites excluding steroid dienone is 3. The lowest BCUT2D eigenvalue weighted by atomic mass is 10.0. The zero-order valence-corrected chi connectivity index (χ0v) is 15.1. The van der Waals surface area contributed by atoms with E-state index in [-0.39, 0.29) is 6.04 Å². The summed E-state index contributed by atoms with van der Waals surface area (Å²) in [5.41, 5.74) is 3.81. The number of aliphatic imine (C=N–C) groups is 2. The van der Waals surface area contributed by atoms with E-state index in [9.17, 15) is 5.26 Å². The Morgan fingerprint density at radius 2 is 2.12 bits per heavy atom. The molecule has 4 rings (SSSR count). The van der Waals surface area contributed by atoms with Gasteiger partial charge in [-0.05, 0) is 56.1 Å². The van der Waals surface area contributed by atoms with Gasteiger partial charge in [0.25, 0.3) is 0 Å². The van der Waals surface area contributed by atoms with Crippen LogP contribution in [0, 0.1) is 17.2 Å². The second-order valence-corrected chi connectivity index (χ2v) is 7.44. The summed E-state index contributed by atoms with van der Waals surface area (Å²) in [5.74, 6) is 0.791. The van der Waals surface area contributed by atoms with Gasteiger partial charge in [0, 0.05) is 30.7 Å². The molecule has 2 heterocycles. The van der Waals surface area contributed by atoms with Crippen LogP contribution in [0.3, 0.4) is 0 Å². The van der Waals surface area contributed by atoms with Crippen LogP contribution in [0.4, 0.5) is 0 Å². The topological polar surface area (TPSA) is 66.3 Å². The molecule has 0 spiro atoms. The maximum absolute atomic E-state index is 9.51. The number of hydrogen-bond donors (Lipinski definition) is 0. The standard InChI is InChI=1S/C21H25N5/c22-13-20-12-21(17-6-3-11-23-15-17)25-26(20)19-9-7-18(8-10-19)24-14-16-4-1-2-5-16/h7,9,11-12,15-16,19H,1-6,8,10,14H2. The Labute approximate surface area is 154 Å². The third-order valence-electron chi connectivity index (χ3n) is 5.61. The molecule has 0 aromatic carbocycles. The lowest BCUT2D eigenvalue weighted by Crippen LogP contribution is -2.16. The van der Waals surface area contributed by atoms with Crippen molar-refractivity contribution >= 4 is 17.5 Å². The highest BCUT2D eigenvalue weighted by molar-refractivity contribution is 5.95. The maximum Gasteiger partial charge on any atom is 0.139 e. The van der Waals surface area contributed by atoms with Crippen molar-refractivity contribution in [3.8, 4) is 6.07 Å². The molecule has 134 valence electrons. The molecule has 0 bridgehead atoms. The monoisotopic (exact) mass is 347 g/mol. The third kappa shape index (κ3) is 3.70. The van der Waals surface area contributed by atoms with Crippen molar-refractivity contribution in [2.24, 2.45) is 15.9 Å². The first kappa shape index (κ1) is 17.0. The van der Waals surface area contributed by atoms with Crippen LogP contribution in [-0.4, -0.2) is 28.3 Å². The Morgan fingerprint density at radius 3 is 2.81 bits per heavy atom. The van der Waals surface area contributed by atoms with Gasteiger partial charge in [-0.3, -0.25) is 9.98 Å². The Kier molecular flexibility index (Phi) is 5.10. The fourth-order valence-electron chi connectivity index (χ4n) is 4.06. The Bertz CT molecular complexity index is 812. The minimum absolute atomic E-state index is 0.136. The Morgan fingerprint density at radius 1 is 1.23 bits per heavy atom. The van der Waals surface area contributed by atoms with Crippen molar-refractivity contribution in [2.45, 2.75) is 57.4 Å². The van der Waals surface area contributed by atoms with Gasteiger partial charge in [-0.25, -0.2) is 4.68 Å². The van der Waals surface area contributed by atoms with Crippen LogP contribution < -0.4 is 0 Å². The molecule has 1 atom stereocenters. The first-order valence-electron chi connectivity index (χ1n) is 9.75. The van der Waals surface area contributed by atoms with Crippen LogP contribution in [0.1, 0.15) is 68.8 Å². The van der Waals surface area contributed by atoms with E-state index < -0.39 is 0 Å². The predicted octanol–water partition coefficient (Wildman–Crippen LogP) is 4.48. The lowest BCUT2D eigenvalue weighted by molar-refractivity contribution is 0.500. The molecule has 5 heteroatoms. The molecule has 2 aliphatic carbocycles. The lowest BCUT2D eigenvalue weighted by Gasteiger charge is -2.19. The van der Waals surface area contributed by atoms with Crippen molar-refractivity contribution < 1.29 is 0 Å². The van der Waals surface area contributed by atoms with Crippen LogP contribution in [0.5, 0.6) is 0 Å². The summed E-state index contributed by atoms with van der Waals surface area (Å²) in [6.45, 7) is 0.981. The van der Waals surface area contributed by atoms with Gasteiger partial charge < -0.3 is 0 Å². The number of rotatable bonds is 4. The quantitative estimate of drug-likeness (QED) is 0.806. The van der Waals surface area contributed by atoms with E-state index in [1.807, 2.05) is 23.2 Å². The molecular formula is C21H25N5. The fraction of sp³-hybridized carbons (Fsp3) is 0.524. The normalized spacial score (nSPS) is 24.8. The highest BCUT2D eigenvalue weighted by atomic mass is 15.3. The molecular weight excluding hydrogens is 322 g/mol. The molecule has 26 heavy (non-hydrogen) atoms. The van der Waals surface area contributed by atoms with Crippen molar-refractivity contribution in [1.29, 1.82) is 5.26 Å². The molecule has 0 radical (unpaired) electrons. The molecule has 1 aliphatic heterocycles. The fourth-order valence-corrected chi connectivity index (χ4v) is 4.06. The van der Waals surface area contributed by atoms with Crippen molar-refractivity contribution in [3.63, 3.8) is 0 Å². The molecule has 1 aromatic heterocycles. The molecule has 1 aromatic rings. The van der Waals surface area contributed by atoms with E-state index in [1.54, 1.807) is 0 Å². The molecule has 0 N–H and O–H groups in total. The number of nitrogens with zero attached hydrogens (tertiary/aromatic N) is 5. The van der Waals surface area contributed by atoms with Crippen molar-refractivity contribution in [1.82, 2.24) is 9.78 Å². The molecule has 5 nitrogen and oxygen atoms in total. The van der Waals surface area contributed by atoms with Gasteiger partial charge in [-0.1, -0.05) is 18.9 Å². The van der Waals surface area contributed by atoms with Gasteiger partial charge in [-0.2, -0.15) is 10.4 Å². The summed E-state index contributed by atoms with van der Waals surface area (Å²) in [6.07, 6.45) is 17.3. The summed E-state index contributed by atoms with van der Waals surface area (Å²) in [6, 6.07) is 4.33. The highest BCUT2D eigenvalue weighted by Gasteiger charge is 2.21. The van der Waals surface area contributed by atoms with E-state index in [1.165, 1.54) is 31.4 Å². The van der Waals surface area contributed by atoms with Crippen LogP contribution >= 0.6 is 0 Å². The first-order valence-corrected chi connectivity index (χ1v) is 9.75. The smallest absolute Gasteiger partial charge is 0.139 e. The summed E-state index contributed by atoms with van der Waals surface area (Å²) in [4.78, 5) is 9.05. The predicted molar refractivity (Wildman–Crippen MR) is 104 cm³/mol. The van der Waals surface area contributed by atoms with Gasteiger partial charge in [-0.15, -0.1) is 0 Å². The SMILES string of the molecule is N#Cc1cc(C2=CN=CCC2)nn1C1C=CC(=NCC2CCCC2)CC1. The average Bonchev–Trinajstić information content (AvgIpc) is 3.37. The van der Waals surface area contributed by atoms with Gasteiger partial charge >= 0.3 is 0 Å². The zero-order valence-electron chi connectivity index (χ0n) is 15.1. The van der Waals surface area contributed by atoms with Crippen LogP contribution in [-0.2, 0) is 0 Å². The van der Waals surface area contributed by atoms with E-state index in [4.69, 9.17) is 10.1 Å². The number of hydrogen-bond acceptors (Lipinski definition) is 4. The van der Waals surface area contributed by atoms with E-state index >= 15 is 0 Å². The molecule has 0 saturated heterocycles. The molecule has 0 amide bonds. The summed E-state index contributed by atoms with van der Waals surface area (Å²) in [7, 11) is 0. The molecule has 3 aliphatic rings. The van der Waals surface area contributed by atoms with Crippen LogP contribution in [0.2, 0.25) is 0 Å². The van der Waals surface area contributed by atoms with Crippen LogP contribution in [0.15, 0.2) is 34.4 Å². The van der Waals surface area contributed by atoms with Crippen molar-refractivity contribution in [2.75, 3.05) is 6.54 Å². The highest BCUT2D eigenvalue weighted by Crippen LogP contribution is 2.28. The maximum atomic E-state index is 9.51. The number of nitriles is 1. The van der Waals surface area contributed by atoms with E-state index in [0.717, 1.165) is 49.4 Å².